The van der Waals surface area contributed by atoms with Crippen LogP contribution < -0.4 is 0 Å². The summed E-state index contributed by atoms with van der Waals surface area (Å²) in [5.74, 6) is -0.206. The Morgan fingerprint density at radius 3 is 2.44 bits per heavy atom. The monoisotopic (exact) mass is 230 g/mol. The van der Waals surface area contributed by atoms with Gasteiger partial charge in [0.1, 0.15) is 0 Å². The van der Waals surface area contributed by atoms with Gasteiger partial charge in [0, 0.05) is 6.42 Å². The zero-order chi connectivity index (χ0) is 12.4. The second-order valence-electron chi connectivity index (χ2n) is 4.58. The Morgan fingerprint density at radius 2 is 1.88 bits per heavy atom. The van der Waals surface area contributed by atoms with Crippen molar-refractivity contribution in [2.75, 3.05) is 0 Å². The minimum Gasteiger partial charge on any atom is -0.463 e. The van der Waals surface area contributed by atoms with Crippen molar-refractivity contribution in [2.24, 2.45) is 0 Å². The van der Waals surface area contributed by atoms with Crippen LogP contribution in [-0.4, -0.2) is 23.3 Å². The highest BCUT2D eigenvalue weighted by Crippen LogP contribution is 2.10. The maximum Gasteiger partial charge on any atom is 0.306 e. The fraction of sp³-hybridized carbons (Fsp3) is 0.923. The van der Waals surface area contributed by atoms with E-state index in [2.05, 4.69) is 6.92 Å². The molecule has 0 saturated heterocycles. The zero-order valence-corrected chi connectivity index (χ0v) is 10.9. The maximum absolute atomic E-state index is 11.2. The summed E-state index contributed by atoms with van der Waals surface area (Å²) in [6, 6.07) is 0. The smallest absolute Gasteiger partial charge is 0.306 e. The molecule has 0 heterocycles. The lowest BCUT2D eigenvalue weighted by Gasteiger charge is -2.11. The highest BCUT2D eigenvalue weighted by molar-refractivity contribution is 5.69. The minimum absolute atomic E-state index is 0.0609. The van der Waals surface area contributed by atoms with Crippen LogP contribution in [0.2, 0.25) is 0 Å². The van der Waals surface area contributed by atoms with Crippen LogP contribution in [0.3, 0.4) is 0 Å². The van der Waals surface area contributed by atoms with Crippen molar-refractivity contribution in [3.05, 3.63) is 0 Å². The van der Waals surface area contributed by atoms with E-state index in [9.17, 15) is 9.90 Å². The first-order chi connectivity index (χ1) is 7.56. The van der Waals surface area contributed by atoms with E-state index in [0.717, 1.165) is 12.8 Å². The second-order valence-corrected chi connectivity index (χ2v) is 4.58. The normalized spacial score (nSPS) is 12.8. The van der Waals surface area contributed by atoms with Gasteiger partial charge in [-0.05, 0) is 26.7 Å². The molecule has 1 N–H and O–H groups in total. The standard InChI is InChI=1S/C13H26O3/c1-4-5-6-7-8-12(14)9-10-13(15)16-11(2)3/h11-12,14H,4-10H2,1-3H3. The number of unbranched alkanes of at least 4 members (excludes halogenated alkanes) is 3. The summed E-state index contributed by atoms with van der Waals surface area (Å²) in [6.07, 6.45) is 5.89. The summed E-state index contributed by atoms with van der Waals surface area (Å²) in [6.45, 7) is 5.83. The third kappa shape index (κ3) is 9.97. The van der Waals surface area contributed by atoms with E-state index in [4.69, 9.17) is 4.74 Å². The summed E-state index contributed by atoms with van der Waals surface area (Å²) in [4.78, 5) is 11.2. The van der Waals surface area contributed by atoms with Gasteiger partial charge in [0.15, 0.2) is 0 Å². The topological polar surface area (TPSA) is 46.5 Å². The summed E-state index contributed by atoms with van der Waals surface area (Å²) in [5.41, 5.74) is 0. The minimum atomic E-state index is -0.350. The molecule has 1 atom stereocenters. The molecule has 0 aliphatic rings. The molecule has 16 heavy (non-hydrogen) atoms. The van der Waals surface area contributed by atoms with Crippen LogP contribution in [0.15, 0.2) is 0 Å². The predicted molar refractivity (Wildman–Crippen MR) is 65.2 cm³/mol. The fourth-order valence-corrected chi connectivity index (χ4v) is 1.56. The van der Waals surface area contributed by atoms with Crippen LogP contribution in [0.4, 0.5) is 0 Å². The van der Waals surface area contributed by atoms with Gasteiger partial charge in [-0.3, -0.25) is 4.79 Å². The molecule has 0 saturated carbocycles. The number of carbonyl (C=O) groups excluding carboxylic acids is 1. The Hall–Kier alpha value is -0.570. The molecule has 3 nitrogen and oxygen atoms in total. The lowest BCUT2D eigenvalue weighted by atomic mass is 10.1. The average Bonchev–Trinajstić information content (AvgIpc) is 2.20. The summed E-state index contributed by atoms with van der Waals surface area (Å²) in [5, 5.41) is 9.62. The first kappa shape index (κ1) is 15.4. The first-order valence-electron chi connectivity index (χ1n) is 6.43. The van der Waals surface area contributed by atoms with Crippen LogP contribution >= 0.6 is 0 Å². The number of aliphatic hydroxyl groups is 1. The molecule has 0 spiro atoms. The number of ether oxygens (including phenoxy) is 1. The van der Waals surface area contributed by atoms with Gasteiger partial charge in [-0.15, -0.1) is 0 Å². The Morgan fingerprint density at radius 1 is 1.19 bits per heavy atom. The molecule has 0 aromatic heterocycles. The quantitative estimate of drug-likeness (QED) is 0.489. The van der Waals surface area contributed by atoms with Crippen LogP contribution in [0, 0.1) is 0 Å². The molecular weight excluding hydrogens is 204 g/mol. The second kappa shape index (κ2) is 9.64. The van der Waals surface area contributed by atoms with E-state index in [1.807, 2.05) is 13.8 Å². The van der Waals surface area contributed by atoms with Gasteiger partial charge in [-0.25, -0.2) is 0 Å². The Balaban J connectivity index is 3.42. The highest BCUT2D eigenvalue weighted by atomic mass is 16.5. The Bertz CT molecular complexity index is 178. The number of rotatable bonds is 9. The molecular formula is C13H26O3. The van der Waals surface area contributed by atoms with E-state index in [1.54, 1.807) is 0 Å². The third-order valence-corrected chi connectivity index (χ3v) is 2.44. The molecule has 0 aromatic rings. The molecule has 0 bridgehead atoms. The van der Waals surface area contributed by atoms with E-state index < -0.39 is 0 Å². The number of esters is 1. The number of aliphatic hydroxyl groups excluding tert-OH is 1. The number of hydrogen-bond donors (Lipinski definition) is 1. The summed E-state index contributed by atoms with van der Waals surface area (Å²) in [7, 11) is 0. The zero-order valence-electron chi connectivity index (χ0n) is 10.9. The highest BCUT2D eigenvalue weighted by Gasteiger charge is 2.10. The lowest BCUT2D eigenvalue weighted by Crippen LogP contribution is -2.14. The molecule has 0 aliphatic carbocycles. The molecule has 0 rings (SSSR count). The van der Waals surface area contributed by atoms with E-state index in [0.29, 0.717) is 12.8 Å². The van der Waals surface area contributed by atoms with E-state index >= 15 is 0 Å². The third-order valence-electron chi connectivity index (χ3n) is 2.44. The van der Waals surface area contributed by atoms with E-state index in [1.165, 1.54) is 19.3 Å². The lowest BCUT2D eigenvalue weighted by molar-refractivity contribution is -0.148. The Kier molecular flexibility index (Phi) is 9.30. The number of carbonyl (C=O) groups is 1. The van der Waals surface area contributed by atoms with Crippen molar-refractivity contribution in [1.29, 1.82) is 0 Å². The van der Waals surface area contributed by atoms with Gasteiger partial charge in [0.05, 0.1) is 12.2 Å². The van der Waals surface area contributed by atoms with Gasteiger partial charge >= 0.3 is 5.97 Å². The fourth-order valence-electron chi connectivity index (χ4n) is 1.56. The first-order valence-corrected chi connectivity index (χ1v) is 6.43. The largest absolute Gasteiger partial charge is 0.463 e. The molecule has 0 aromatic carbocycles. The maximum atomic E-state index is 11.2. The molecule has 3 heteroatoms. The molecule has 1 unspecified atom stereocenters. The summed E-state index contributed by atoms with van der Waals surface area (Å²) >= 11 is 0. The molecule has 0 radical (unpaired) electrons. The van der Waals surface area contributed by atoms with Gasteiger partial charge < -0.3 is 9.84 Å². The van der Waals surface area contributed by atoms with Gasteiger partial charge in [0.2, 0.25) is 0 Å². The van der Waals surface area contributed by atoms with Crippen molar-refractivity contribution in [3.63, 3.8) is 0 Å². The molecule has 0 amide bonds. The van der Waals surface area contributed by atoms with Crippen molar-refractivity contribution >= 4 is 5.97 Å². The predicted octanol–water partition coefficient (Wildman–Crippen LogP) is 3.05. The van der Waals surface area contributed by atoms with Crippen molar-refractivity contribution < 1.29 is 14.6 Å². The van der Waals surface area contributed by atoms with Crippen LogP contribution in [-0.2, 0) is 9.53 Å². The number of hydrogen-bond acceptors (Lipinski definition) is 3. The van der Waals surface area contributed by atoms with Crippen molar-refractivity contribution in [2.45, 2.75) is 77.9 Å². The SMILES string of the molecule is CCCCCCC(O)CCC(=O)OC(C)C. The van der Waals surface area contributed by atoms with Crippen molar-refractivity contribution in [1.82, 2.24) is 0 Å². The van der Waals surface area contributed by atoms with Crippen molar-refractivity contribution in [3.8, 4) is 0 Å². The van der Waals surface area contributed by atoms with Gasteiger partial charge in [0.25, 0.3) is 0 Å². The van der Waals surface area contributed by atoms with E-state index in [-0.39, 0.29) is 18.2 Å². The molecule has 0 aliphatic heterocycles. The Labute approximate surface area is 99.2 Å². The summed E-state index contributed by atoms with van der Waals surface area (Å²) < 4.78 is 4.99. The van der Waals surface area contributed by atoms with Gasteiger partial charge in [-0.1, -0.05) is 32.6 Å². The van der Waals surface area contributed by atoms with Crippen LogP contribution in [0.25, 0.3) is 0 Å². The van der Waals surface area contributed by atoms with Gasteiger partial charge in [-0.2, -0.15) is 0 Å². The van der Waals surface area contributed by atoms with Crippen LogP contribution in [0.1, 0.15) is 65.7 Å². The van der Waals surface area contributed by atoms with Crippen LogP contribution in [0.5, 0.6) is 0 Å². The molecule has 0 fully saturated rings. The molecule has 96 valence electrons. The average molecular weight is 230 g/mol.